The lowest BCUT2D eigenvalue weighted by atomic mass is 10.4. The molecule has 0 saturated heterocycles. The third kappa shape index (κ3) is 3.45. The van der Waals surface area contributed by atoms with Crippen molar-refractivity contribution in [3.63, 3.8) is 0 Å². The van der Waals surface area contributed by atoms with Gasteiger partial charge in [-0.15, -0.1) is 11.3 Å². The summed E-state index contributed by atoms with van der Waals surface area (Å²) in [7, 11) is 0. The summed E-state index contributed by atoms with van der Waals surface area (Å²) in [5.41, 5.74) is 1.08. The largest absolute Gasteiger partial charge is 0.477 e. The van der Waals surface area contributed by atoms with Crippen molar-refractivity contribution in [1.29, 1.82) is 0 Å². The molecule has 2 aromatic heterocycles. The molecule has 1 fully saturated rings. The van der Waals surface area contributed by atoms with Gasteiger partial charge in [-0.3, -0.25) is 0 Å². The number of ether oxygens (including phenoxy) is 1. The Morgan fingerprint density at radius 2 is 2.20 bits per heavy atom. The van der Waals surface area contributed by atoms with Gasteiger partial charge >= 0.3 is 0 Å². The molecule has 1 saturated carbocycles. The van der Waals surface area contributed by atoms with Gasteiger partial charge in [-0.2, -0.15) is 0 Å². The van der Waals surface area contributed by atoms with Crippen LogP contribution in [-0.2, 0) is 6.54 Å². The van der Waals surface area contributed by atoms with Crippen LogP contribution in [0.25, 0.3) is 0 Å². The van der Waals surface area contributed by atoms with Crippen LogP contribution in [0.5, 0.6) is 5.88 Å². The maximum atomic E-state index is 5.65. The van der Waals surface area contributed by atoms with Gasteiger partial charge in [0.1, 0.15) is 12.1 Å². The molecule has 5 nitrogen and oxygen atoms in total. The van der Waals surface area contributed by atoms with Gasteiger partial charge in [0, 0.05) is 10.9 Å². The minimum atomic E-state index is 0.645. The maximum absolute atomic E-state index is 5.65. The molecular weight excluding hydrogens is 272 g/mol. The van der Waals surface area contributed by atoms with Crippen molar-refractivity contribution >= 4 is 17.2 Å². The highest BCUT2D eigenvalue weighted by Gasteiger charge is 2.22. The number of rotatable bonds is 6. The Morgan fingerprint density at radius 3 is 2.90 bits per heavy atom. The van der Waals surface area contributed by atoms with E-state index in [-0.39, 0.29) is 0 Å². The summed E-state index contributed by atoms with van der Waals surface area (Å²) < 4.78 is 5.65. The summed E-state index contributed by atoms with van der Waals surface area (Å²) in [6.07, 6.45) is 4.09. The maximum Gasteiger partial charge on any atom is 0.218 e. The minimum absolute atomic E-state index is 0.645. The molecule has 0 radical (unpaired) electrons. The standard InChI is InChI=1S/C14H18N4OS/c1-9-12(20-10(2)18-9)6-15-13-5-14(17-8-16-13)19-7-11-3-4-11/h5,8,11H,3-4,6-7H2,1-2H3,(H,15,16,17). The Labute approximate surface area is 122 Å². The van der Waals surface area contributed by atoms with E-state index in [2.05, 4.69) is 20.3 Å². The van der Waals surface area contributed by atoms with Gasteiger partial charge in [-0.25, -0.2) is 15.0 Å². The van der Waals surface area contributed by atoms with E-state index in [1.54, 1.807) is 11.3 Å². The summed E-state index contributed by atoms with van der Waals surface area (Å²) in [6, 6.07) is 1.85. The highest BCUT2D eigenvalue weighted by molar-refractivity contribution is 7.11. The Balaban J connectivity index is 1.58. The second kappa shape index (κ2) is 5.75. The lowest BCUT2D eigenvalue weighted by Gasteiger charge is -2.07. The molecule has 3 rings (SSSR count). The average molecular weight is 290 g/mol. The fraction of sp³-hybridized carbons (Fsp3) is 0.500. The van der Waals surface area contributed by atoms with Crippen molar-refractivity contribution in [3.05, 3.63) is 28.0 Å². The zero-order chi connectivity index (χ0) is 13.9. The molecule has 1 aliphatic carbocycles. The zero-order valence-corrected chi connectivity index (χ0v) is 12.5. The quantitative estimate of drug-likeness (QED) is 0.886. The predicted molar refractivity (Wildman–Crippen MR) is 79.2 cm³/mol. The van der Waals surface area contributed by atoms with Gasteiger partial charge in [0.05, 0.1) is 23.9 Å². The van der Waals surface area contributed by atoms with E-state index in [1.165, 1.54) is 24.0 Å². The summed E-state index contributed by atoms with van der Waals surface area (Å²) in [5, 5.41) is 4.39. The molecular formula is C14H18N4OS. The summed E-state index contributed by atoms with van der Waals surface area (Å²) in [4.78, 5) is 14.0. The smallest absolute Gasteiger partial charge is 0.218 e. The lowest BCUT2D eigenvalue weighted by Crippen LogP contribution is -2.04. The fourth-order valence-corrected chi connectivity index (χ4v) is 2.79. The van der Waals surface area contributed by atoms with Crippen LogP contribution in [-0.4, -0.2) is 21.6 Å². The third-order valence-electron chi connectivity index (χ3n) is 3.24. The first-order valence-corrected chi connectivity index (χ1v) is 7.64. The van der Waals surface area contributed by atoms with Crippen LogP contribution in [0.4, 0.5) is 5.82 Å². The molecule has 0 spiro atoms. The van der Waals surface area contributed by atoms with E-state index in [9.17, 15) is 0 Å². The predicted octanol–water partition coefficient (Wildman–Crippen LogP) is 2.95. The third-order valence-corrected chi connectivity index (χ3v) is 4.31. The van der Waals surface area contributed by atoms with Crippen LogP contribution >= 0.6 is 11.3 Å². The molecule has 1 N–H and O–H groups in total. The number of hydrogen-bond acceptors (Lipinski definition) is 6. The van der Waals surface area contributed by atoms with Gasteiger partial charge in [-0.05, 0) is 32.6 Å². The summed E-state index contributed by atoms with van der Waals surface area (Å²) >= 11 is 1.71. The fourth-order valence-electron chi connectivity index (χ4n) is 1.91. The second-order valence-corrected chi connectivity index (χ2v) is 6.38. The van der Waals surface area contributed by atoms with E-state index in [1.807, 2.05) is 19.9 Å². The van der Waals surface area contributed by atoms with Crippen molar-refractivity contribution in [2.45, 2.75) is 33.2 Å². The Kier molecular flexibility index (Phi) is 3.82. The average Bonchev–Trinajstić information content (AvgIpc) is 3.20. The molecule has 0 aliphatic heterocycles. The molecule has 1 aliphatic rings. The number of nitrogens with one attached hydrogen (secondary N) is 1. The lowest BCUT2D eigenvalue weighted by molar-refractivity contribution is 0.288. The van der Waals surface area contributed by atoms with E-state index in [4.69, 9.17) is 4.74 Å². The van der Waals surface area contributed by atoms with Crippen molar-refractivity contribution in [2.24, 2.45) is 5.92 Å². The number of aryl methyl sites for hydroxylation is 2. The molecule has 0 amide bonds. The number of aromatic nitrogens is 3. The van der Waals surface area contributed by atoms with Crippen LogP contribution in [0.15, 0.2) is 12.4 Å². The van der Waals surface area contributed by atoms with Crippen molar-refractivity contribution < 1.29 is 4.74 Å². The topological polar surface area (TPSA) is 59.9 Å². The van der Waals surface area contributed by atoms with Gasteiger partial charge in [0.25, 0.3) is 0 Å². The van der Waals surface area contributed by atoms with Crippen LogP contribution in [0, 0.1) is 19.8 Å². The van der Waals surface area contributed by atoms with Gasteiger partial charge in [-0.1, -0.05) is 0 Å². The number of hydrogen-bond donors (Lipinski definition) is 1. The van der Waals surface area contributed by atoms with Crippen molar-refractivity contribution in [3.8, 4) is 5.88 Å². The first-order chi connectivity index (χ1) is 9.70. The molecule has 6 heteroatoms. The molecule has 0 atom stereocenters. The van der Waals surface area contributed by atoms with Crippen LogP contribution in [0.2, 0.25) is 0 Å². The van der Waals surface area contributed by atoms with E-state index < -0.39 is 0 Å². The van der Waals surface area contributed by atoms with E-state index in [0.717, 1.165) is 35.6 Å². The van der Waals surface area contributed by atoms with Crippen molar-refractivity contribution in [2.75, 3.05) is 11.9 Å². The first kappa shape index (κ1) is 13.3. The van der Waals surface area contributed by atoms with Crippen LogP contribution < -0.4 is 10.1 Å². The summed E-state index contributed by atoms with van der Waals surface area (Å²) in [5.74, 6) is 2.16. The molecule has 0 bridgehead atoms. The van der Waals surface area contributed by atoms with Crippen LogP contribution in [0.1, 0.15) is 28.4 Å². The first-order valence-electron chi connectivity index (χ1n) is 6.82. The molecule has 0 unspecified atom stereocenters. The summed E-state index contributed by atoms with van der Waals surface area (Å²) in [6.45, 7) is 5.56. The molecule has 2 aromatic rings. The number of anilines is 1. The molecule has 20 heavy (non-hydrogen) atoms. The zero-order valence-electron chi connectivity index (χ0n) is 11.7. The van der Waals surface area contributed by atoms with Crippen LogP contribution in [0.3, 0.4) is 0 Å². The highest BCUT2D eigenvalue weighted by atomic mass is 32.1. The monoisotopic (exact) mass is 290 g/mol. The molecule has 2 heterocycles. The van der Waals surface area contributed by atoms with Gasteiger partial charge < -0.3 is 10.1 Å². The molecule has 106 valence electrons. The van der Waals surface area contributed by atoms with E-state index >= 15 is 0 Å². The van der Waals surface area contributed by atoms with E-state index in [0.29, 0.717) is 5.88 Å². The Morgan fingerprint density at radius 1 is 1.35 bits per heavy atom. The highest BCUT2D eigenvalue weighted by Crippen LogP contribution is 2.29. The minimum Gasteiger partial charge on any atom is -0.477 e. The molecule has 0 aromatic carbocycles. The number of thiazole rings is 1. The Hall–Kier alpha value is -1.69. The van der Waals surface area contributed by atoms with Gasteiger partial charge in [0.2, 0.25) is 5.88 Å². The SMILES string of the molecule is Cc1nc(C)c(CNc2cc(OCC3CC3)ncn2)s1. The van der Waals surface area contributed by atoms with Crippen molar-refractivity contribution in [1.82, 2.24) is 15.0 Å². The van der Waals surface area contributed by atoms with Gasteiger partial charge in [0.15, 0.2) is 0 Å². The second-order valence-electron chi connectivity index (χ2n) is 5.09. The number of nitrogens with zero attached hydrogens (tertiary/aromatic N) is 3. The Bertz CT molecular complexity index is 595. The normalized spacial score (nSPS) is 14.3.